The number of benzene rings is 1. The van der Waals surface area contributed by atoms with Crippen LogP contribution in [0.1, 0.15) is 53.7 Å². The minimum atomic E-state index is -0.0665. The summed E-state index contributed by atoms with van der Waals surface area (Å²) >= 11 is 0. The quantitative estimate of drug-likeness (QED) is 0.910. The summed E-state index contributed by atoms with van der Waals surface area (Å²) in [6, 6.07) is 9.89. The number of carbonyl (C=O) groups is 1. The van der Waals surface area contributed by atoms with Gasteiger partial charge in [-0.3, -0.25) is 9.78 Å². The van der Waals surface area contributed by atoms with Crippen LogP contribution in [0.4, 0.5) is 0 Å². The Hall–Kier alpha value is -2.56. The Morgan fingerprint density at radius 2 is 1.92 bits per heavy atom. The molecule has 2 aliphatic rings. The van der Waals surface area contributed by atoms with Gasteiger partial charge < -0.3 is 14.8 Å². The lowest BCUT2D eigenvalue weighted by molar-refractivity contribution is 0.0936. The fraction of sp³-hybridized carbons (Fsp3) is 0.429. The van der Waals surface area contributed by atoms with E-state index < -0.39 is 0 Å². The van der Waals surface area contributed by atoms with Crippen LogP contribution in [0.25, 0.3) is 0 Å². The molecule has 1 amide bonds. The van der Waals surface area contributed by atoms with Gasteiger partial charge in [0, 0.05) is 23.9 Å². The molecule has 2 aromatic rings. The lowest BCUT2D eigenvalue weighted by atomic mass is 9.69. The summed E-state index contributed by atoms with van der Waals surface area (Å²) in [5, 5.41) is 3.14. The number of amides is 1. The van der Waals surface area contributed by atoms with E-state index in [9.17, 15) is 4.79 Å². The second-order valence-corrected chi connectivity index (χ2v) is 7.28. The average molecular weight is 352 g/mol. The lowest BCUT2D eigenvalue weighted by Crippen LogP contribution is -2.42. The van der Waals surface area contributed by atoms with Crippen molar-refractivity contribution in [2.45, 2.75) is 44.4 Å². The van der Waals surface area contributed by atoms with Crippen LogP contribution in [0.2, 0.25) is 0 Å². The van der Waals surface area contributed by atoms with Crippen LogP contribution in [-0.2, 0) is 5.41 Å². The molecule has 1 fully saturated rings. The molecular formula is C21H24N2O3. The number of rotatable bonds is 4. The maximum atomic E-state index is 12.6. The van der Waals surface area contributed by atoms with Gasteiger partial charge in [0.2, 0.25) is 6.79 Å². The van der Waals surface area contributed by atoms with Crippen molar-refractivity contribution in [3.63, 3.8) is 0 Å². The number of ether oxygens (including phenoxy) is 2. The van der Waals surface area contributed by atoms with Crippen LogP contribution in [0, 0.1) is 6.92 Å². The molecule has 0 spiro atoms. The minimum absolute atomic E-state index is 0.0486. The molecule has 0 saturated heterocycles. The maximum Gasteiger partial charge on any atom is 0.252 e. The highest BCUT2D eigenvalue weighted by Crippen LogP contribution is 2.43. The standard InChI is InChI=1S/C21H24N2O3/c1-15-5-6-16(12-22-15)20(24)23-13-21(9-3-2-4-10-21)17-7-8-18-19(11-17)26-14-25-18/h5-8,11-12H,2-4,9-10,13-14H2,1H3,(H,23,24). The normalized spacial score (nSPS) is 17.7. The number of nitrogens with zero attached hydrogens (tertiary/aromatic N) is 1. The van der Waals surface area contributed by atoms with Crippen molar-refractivity contribution in [3.05, 3.63) is 53.3 Å². The van der Waals surface area contributed by atoms with Crippen molar-refractivity contribution in [2.75, 3.05) is 13.3 Å². The Labute approximate surface area is 153 Å². The Morgan fingerprint density at radius 1 is 1.12 bits per heavy atom. The zero-order valence-corrected chi connectivity index (χ0v) is 15.1. The number of nitrogens with one attached hydrogen (secondary N) is 1. The van der Waals surface area contributed by atoms with Gasteiger partial charge in [0.1, 0.15) is 0 Å². The monoisotopic (exact) mass is 352 g/mol. The molecule has 1 aromatic carbocycles. The summed E-state index contributed by atoms with van der Waals surface area (Å²) in [6.07, 6.45) is 7.38. The van der Waals surface area contributed by atoms with E-state index in [1.54, 1.807) is 6.20 Å². The molecule has 0 bridgehead atoms. The van der Waals surface area contributed by atoms with Gasteiger partial charge in [-0.25, -0.2) is 0 Å². The third-order valence-corrected chi connectivity index (χ3v) is 5.56. The zero-order chi connectivity index (χ0) is 18.0. The molecule has 5 heteroatoms. The first-order chi connectivity index (χ1) is 12.7. The Balaban J connectivity index is 1.55. The average Bonchev–Trinajstić information content (AvgIpc) is 3.15. The van der Waals surface area contributed by atoms with Crippen molar-refractivity contribution in [1.29, 1.82) is 0 Å². The fourth-order valence-corrected chi connectivity index (χ4v) is 3.98. The summed E-state index contributed by atoms with van der Waals surface area (Å²) in [7, 11) is 0. The maximum absolute atomic E-state index is 12.6. The number of carbonyl (C=O) groups excluding carboxylic acids is 1. The van der Waals surface area contributed by atoms with Gasteiger partial charge in [0.05, 0.1) is 5.56 Å². The molecule has 4 rings (SSSR count). The summed E-state index contributed by atoms with van der Waals surface area (Å²) < 4.78 is 11.0. The van der Waals surface area contributed by atoms with E-state index in [0.717, 1.165) is 30.0 Å². The molecule has 1 aromatic heterocycles. The molecular weight excluding hydrogens is 328 g/mol. The highest BCUT2D eigenvalue weighted by molar-refractivity contribution is 5.93. The molecule has 26 heavy (non-hydrogen) atoms. The van der Waals surface area contributed by atoms with Gasteiger partial charge in [0.15, 0.2) is 11.5 Å². The topological polar surface area (TPSA) is 60.5 Å². The van der Waals surface area contributed by atoms with Gasteiger partial charge in [-0.2, -0.15) is 0 Å². The predicted molar refractivity (Wildman–Crippen MR) is 98.6 cm³/mol. The molecule has 136 valence electrons. The largest absolute Gasteiger partial charge is 0.454 e. The number of aryl methyl sites for hydroxylation is 1. The molecule has 1 saturated carbocycles. The second-order valence-electron chi connectivity index (χ2n) is 7.28. The Morgan fingerprint density at radius 3 is 2.69 bits per heavy atom. The second kappa shape index (κ2) is 6.98. The van der Waals surface area contributed by atoms with Crippen LogP contribution in [-0.4, -0.2) is 24.2 Å². The molecule has 1 aliphatic carbocycles. The zero-order valence-electron chi connectivity index (χ0n) is 15.1. The molecule has 0 unspecified atom stereocenters. The van der Waals surface area contributed by atoms with E-state index in [1.165, 1.54) is 24.8 Å². The SMILES string of the molecule is Cc1ccc(C(=O)NCC2(c3ccc4c(c3)OCO4)CCCCC2)cn1. The molecule has 1 aliphatic heterocycles. The number of aromatic nitrogens is 1. The molecule has 0 atom stereocenters. The smallest absolute Gasteiger partial charge is 0.252 e. The van der Waals surface area contributed by atoms with Crippen molar-refractivity contribution in [1.82, 2.24) is 10.3 Å². The third kappa shape index (κ3) is 3.26. The van der Waals surface area contributed by atoms with Crippen molar-refractivity contribution < 1.29 is 14.3 Å². The lowest BCUT2D eigenvalue weighted by Gasteiger charge is -2.38. The van der Waals surface area contributed by atoms with E-state index >= 15 is 0 Å². The first kappa shape index (κ1) is 16.9. The summed E-state index contributed by atoms with van der Waals surface area (Å²) in [5.41, 5.74) is 2.69. The highest BCUT2D eigenvalue weighted by atomic mass is 16.7. The Bertz CT molecular complexity index is 795. The first-order valence-electron chi connectivity index (χ1n) is 9.27. The minimum Gasteiger partial charge on any atom is -0.454 e. The molecule has 5 nitrogen and oxygen atoms in total. The van der Waals surface area contributed by atoms with Gasteiger partial charge in [-0.05, 0) is 49.6 Å². The number of pyridine rings is 1. The number of hydrogen-bond donors (Lipinski definition) is 1. The molecule has 1 N–H and O–H groups in total. The summed E-state index contributed by atoms with van der Waals surface area (Å²) in [6.45, 7) is 2.82. The van der Waals surface area contributed by atoms with Crippen molar-refractivity contribution in [3.8, 4) is 11.5 Å². The van der Waals surface area contributed by atoms with Gasteiger partial charge >= 0.3 is 0 Å². The van der Waals surface area contributed by atoms with Gasteiger partial charge in [-0.15, -0.1) is 0 Å². The third-order valence-electron chi connectivity index (χ3n) is 5.56. The number of hydrogen-bond acceptors (Lipinski definition) is 4. The van der Waals surface area contributed by atoms with E-state index in [0.29, 0.717) is 12.1 Å². The van der Waals surface area contributed by atoms with Gasteiger partial charge in [0.25, 0.3) is 5.91 Å². The van der Waals surface area contributed by atoms with Crippen molar-refractivity contribution >= 4 is 5.91 Å². The Kier molecular flexibility index (Phi) is 4.53. The van der Waals surface area contributed by atoms with E-state index in [-0.39, 0.29) is 18.1 Å². The van der Waals surface area contributed by atoms with Crippen molar-refractivity contribution in [2.24, 2.45) is 0 Å². The van der Waals surface area contributed by atoms with Crippen LogP contribution >= 0.6 is 0 Å². The highest BCUT2D eigenvalue weighted by Gasteiger charge is 2.35. The van der Waals surface area contributed by atoms with E-state index in [2.05, 4.69) is 22.4 Å². The fourth-order valence-electron chi connectivity index (χ4n) is 3.98. The van der Waals surface area contributed by atoms with Crippen LogP contribution in [0.3, 0.4) is 0 Å². The van der Waals surface area contributed by atoms with Crippen LogP contribution in [0.15, 0.2) is 36.5 Å². The van der Waals surface area contributed by atoms with E-state index in [4.69, 9.17) is 9.47 Å². The molecule has 2 heterocycles. The van der Waals surface area contributed by atoms with E-state index in [1.807, 2.05) is 25.1 Å². The predicted octanol–water partition coefficient (Wildman–Crippen LogP) is 3.75. The van der Waals surface area contributed by atoms with Gasteiger partial charge in [-0.1, -0.05) is 25.3 Å². The molecule has 0 radical (unpaired) electrons. The number of fused-ring (bicyclic) bond motifs is 1. The van der Waals surface area contributed by atoms with Crippen LogP contribution in [0.5, 0.6) is 11.5 Å². The summed E-state index contributed by atoms with van der Waals surface area (Å²) in [5.74, 6) is 1.54. The van der Waals surface area contributed by atoms with Crippen LogP contribution < -0.4 is 14.8 Å². The summed E-state index contributed by atoms with van der Waals surface area (Å²) in [4.78, 5) is 16.8. The first-order valence-corrected chi connectivity index (χ1v) is 9.27.